The maximum Gasteiger partial charge on any atom is 0.235 e. The van der Waals surface area contributed by atoms with Crippen LogP contribution in [0.5, 0.6) is 0 Å². The van der Waals surface area contributed by atoms with E-state index in [9.17, 15) is 9.59 Å². The summed E-state index contributed by atoms with van der Waals surface area (Å²) < 4.78 is 37.0. The zero-order chi connectivity index (χ0) is 34.5. The lowest BCUT2D eigenvalue weighted by Gasteiger charge is -2.34. The molecule has 0 bridgehead atoms. The van der Waals surface area contributed by atoms with E-state index in [1.54, 1.807) is 12.3 Å². The quantitative estimate of drug-likeness (QED) is 0.272. The van der Waals surface area contributed by atoms with Crippen molar-refractivity contribution in [2.45, 2.75) is 37.8 Å². The molecule has 1 N–H and O–H groups in total. The van der Waals surface area contributed by atoms with Gasteiger partial charge in [0.05, 0.1) is 33.5 Å². The summed E-state index contributed by atoms with van der Waals surface area (Å²) in [6.07, 6.45) is 7.50. The molecule has 2 saturated heterocycles. The minimum absolute atomic E-state index is 0.193. The first-order valence-corrected chi connectivity index (χ1v) is 18.5. The van der Waals surface area contributed by atoms with Gasteiger partial charge >= 0.3 is 0 Å². The van der Waals surface area contributed by atoms with Crippen LogP contribution in [-0.2, 0) is 0 Å². The van der Waals surface area contributed by atoms with E-state index < -0.39 is 11.6 Å². The van der Waals surface area contributed by atoms with Crippen LogP contribution in [0.4, 0.5) is 20.2 Å². The molecule has 2 aliphatic carbocycles. The predicted octanol–water partition coefficient (Wildman–Crippen LogP) is 4.26. The van der Waals surface area contributed by atoms with Crippen LogP contribution in [-0.4, -0.2) is 93.3 Å². The normalized spacial score (nSPS) is 18.9. The predicted molar refractivity (Wildman–Crippen MR) is 194 cm³/mol. The molecular formula is C36H36F2N10O2S. The van der Waals surface area contributed by atoms with E-state index in [1.807, 2.05) is 17.2 Å². The number of aromatic nitrogens is 6. The Morgan fingerprint density at radius 2 is 1.27 bits per heavy atom. The van der Waals surface area contributed by atoms with Crippen molar-refractivity contribution in [1.29, 1.82) is 0 Å². The third-order valence-electron chi connectivity index (χ3n) is 10.8. The molecule has 4 aromatic heterocycles. The van der Waals surface area contributed by atoms with Crippen LogP contribution in [0.15, 0.2) is 46.2 Å². The molecule has 0 atom stereocenters. The van der Waals surface area contributed by atoms with E-state index in [0.717, 1.165) is 70.5 Å². The molecule has 6 heterocycles. The SMILES string of the molecule is CN1CCN(c2cc3c(cc2F)c(=O)c(-c2nn4c(-c5cn(C6CC6)c6cc(N7CCNCC7)c(F)cc6c5=O)nnc4s2)cn3C2CC2)CC1. The second-order valence-electron chi connectivity index (χ2n) is 14.3. The molecule has 2 aliphatic heterocycles. The van der Waals surface area contributed by atoms with Crippen molar-refractivity contribution in [3.63, 3.8) is 0 Å². The summed E-state index contributed by atoms with van der Waals surface area (Å²) in [5.41, 5.74) is 2.38. The molecule has 4 aliphatic rings. The molecule has 6 aromatic rings. The van der Waals surface area contributed by atoms with Gasteiger partial charge in [0, 0.05) is 87.6 Å². The third-order valence-corrected chi connectivity index (χ3v) is 11.8. The molecule has 51 heavy (non-hydrogen) atoms. The molecule has 0 amide bonds. The highest BCUT2D eigenvalue weighted by molar-refractivity contribution is 7.19. The van der Waals surface area contributed by atoms with Gasteiger partial charge in [0.1, 0.15) is 11.6 Å². The molecule has 10 rings (SSSR count). The van der Waals surface area contributed by atoms with Gasteiger partial charge < -0.3 is 29.2 Å². The van der Waals surface area contributed by atoms with Crippen LogP contribution in [0.1, 0.15) is 37.8 Å². The topological polar surface area (TPSA) is 109 Å². The van der Waals surface area contributed by atoms with E-state index in [0.29, 0.717) is 50.9 Å². The average molecular weight is 711 g/mol. The summed E-state index contributed by atoms with van der Waals surface area (Å²) >= 11 is 1.19. The Labute approximate surface area is 294 Å². The number of hydrogen-bond donors (Lipinski definition) is 1. The number of pyridine rings is 2. The third kappa shape index (κ3) is 5.15. The molecule has 0 unspecified atom stereocenters. The van der Waals surface area contributed by atoms with Crippen LogP contribution < -0.4 is 26.0 Å². The lowest BCUT2D eigenvalue weighted by atomic mass is 10.1. The fraction of sp³-hybridized carbons (Fsp3) is 0.417. The van der Waals surface area contributed by atoms with Crippen molar-refractivity contribution in [3.8, 4) is 22.0 Å². The van der Waals surface area contributed by atoms with Crippen molar-refractivity contribution in [1.82, 2.24) is 39.2 Å². The molecule has 0 spiro atoms. The molecule has 0 radical (unpaired) electrons. The summed E-state index contributed by atoms with van der Waals surface area (Å²) in [5, 5.41) is 17.8. The molecule has 4 fully saturated rings. The Kier molecular flexibility index (Phi) is 7.09. The number of anilines is 2. The summed E-state index contributed by atoms with van der Waals surface area (Å²) in [7, 11) is 2.06. The number of nitrogens with one attached hydrogen (secondary N) is 1. The first-order valence-electron chi connectivity index (χ1n) is 17.7. The second-order valence-corrected chi connectivity index (χ2v) is 15.3. The smallest absolute Gasteiger partial charge is 0.235 e. The van der Waals surface area contributed by atoms with Crippen molar-refractivity contribution in [2.75, 3.05) is 69.2 Å². The highest BCUT2D eigenvalue weighted by atomic mass is 32.1. The van der Waals surface area contributed by atoms with Gasteiger partial charge in [-0.2, -0.15) is 9.61 Å². The zero-order valence-corrected chi connectivity index (χ0v) is 28.9. The summed E-state index contributed by atoms with van der Waals surface area (Å²) in [6, 6.07) is 6.77. The van der Waals surface area contributed by atoms with E-state index in [2.05, 4.69) is 41.5 Å². The van der Waals surface area contributed by atoms with E-state index in [-0.39, 0.29) is 39.7 Å². The van der Waals surface area contributed by atoms with Gasteiger partial charge in [-0.3, -0.25) is 9.59 Å². The molecular weight excluding hydrogens is 675 g/mol. The van der Waals surface area contributed by atoms with Crippen molar-refractivity contribution in [3.05, 3.63) is 68.7 Å². The van der Waals surface area contributed by atoms with Crippen LogP contribution in [0, 0.1) is 11.6 Å². The van der Waals surface area contributed by atoms with E-state index >= 15 is 8.78 Å². The lowest BCUT2D eigenvalue weighted by Crippen LogP contribution is -2.44. The number of piperazine rings is 2. The van der Waals surface area contributed by atoms with Crippen LogP contribution in [0.2, 0.25) is 0 Å². The van der Waals surface area contributed by atoms with Gasteiger partial charge in [0.25, 0.3) is 0 Å². The second kappa shape index (κ2) is 11.6. The van der Waals surface area contributed by atoms with Gasteiger partial charge in [-0.1, -0.05) is 11.3 Å². The van der Waals surface area contributed by atoms with Gasteiger partial charge in [0.15, 0.2) is 16.3 Å². The van der Waals surface area contributed by atoms with Crippen molar-refractivity contribution >= 4 is 49.5 Å². The number of nitrogens with zero attached hydrogens (tertiary/aromatic N) is 9. The number of benzene rings is 2. The first kappa shape index (κ1) is 31.0. The number of hydrogen-bond acceptors (Lipinski definition) is 10. The maximum atomic E-state index is 15.7. The van der Waals surface area contributed by atoms with Crippen LogP contribution in [0.25, 0.3) is 48.7 Å². The standard InChI is InChI=1S/C36H36F2N10O2S/c1-43-10-12-45(13-11-43)31-17-29-23(15-27(31)38)33(50)25(19-47(29)21-4-5-21)35-42-48-34(40-41-36(48)51-35)24-18-46(20-2-3-20)28-16-30(44-8-6-39-7-9-44)26(37)14-22(28)32(24)49/h14-21,39H,2-13H2,1H3. The minimum atomic E-state index is -0.432. The van der Waals surface area contributed by atoms with Crippen LogP contribution >= 0.6 is 11.3 Å². The number of fused-ring (bicyclic) bond motifs is 3. The molecule has 12 nitrogen and oxygen atoms in total. The van der Waals surface area contributed by atoms with E-state index in [1.165, 1.54) is 28.0 Å². The number of rotatable bonds is 6. The van der Waals surface area contributed by atoms with Crippen LogP contribution in [0.3, 0.4) is 0 Å². The Bertz CT molecular complexity index is 2500. The molecule has 2 saturated carbocycles. The fourth-order valence-electron chi connectivity index (χ4n) is 7.67. The zero-order valence-electron chi connectivity index (χ0n) is 28.1. The molecule has 262 valence electrons. The Hall–Kier alpha value is -4.73. The summed E-state index contributed by atoms with van der Waals surface area (Å²) in [6.45, 7) is 6.04. The molecule has 15 heteroatoms. The minimum Gasteiger partial charge on any atom is -0.367 e. The van der Waals surface area contributed by atoms with Crippen molar-refractivity contribution in [2.24, 2.45) is 0 Å². The summed E-state index contributed by atoms with van der Waals surface area (Å²) in [5.74, 6) is -0.617. The highest BCUT2D eigenvalue weighted by Gasteiger charge is 2.31. The number of halogens is 2. The average Bonchev–Trinajstić information content (AvgIpc) is 4.07. The Balaban J connectivity index is 1.08. The van der Waals surface area contributed by atoms with Gasteiger partial charge in [-0.05, 0) is 57.0 Å². The van der Waals surface area contributed by atoms with Crippen molar-refractivity contribution < 1.29 is 8.78 Å². The fourth-order valence-corrected chi connectivity index (χ4v) is 8.52. The largest absolute Gasteiger partial charge is 0.367 e. The summed E-state index contributed by atoms with van der Waals surface area (Å²) in [4.78, 5) is 34.9. The van der Waals surface area contributed by atoms with E-state index in [4.69, 9.17) is 5.10 Å². The highest BCUT2D eigenvalue weighted by Crippen LogP contribution is 2.41. The van der Waals surface area contributed by atoms with Gasteiger partial charge in [0.2, 0.25) is 10.4 Å². The van der Waals surface area contributed by atoms with Gasteiger partial charge in [-0.25, -0.2) is 8.78 Å². The monoisotopic (exact) mass is 710 g/mol. The molecule has 2 aromatic carbocycles. The Morgan fingerprint density at radius 1 is 0.725 bits per heavy atom. The first-order chi connectivity index (χ1) is 24.8. The Morgan fingerprint density at radius 3 is 1.86 bits per heavy atom. The number of likely N-dealkylation sites (N-methyl/N-ethyl adjacent to an activating group) is 1. The van der Waals surface area contributed by atoms with Gasteiger partial charge in [-0.15, -0.1) is 10.2 Å². The maximum absolute atomic E-state index is 15.7. The lowest BCUT2D eigenvalue weighted by molar-refractivity contribution is 0.312.